The molecule has 1 heterocycles. The summed E-state index contributed by atoms with van der Waals surface area (Å²) in [6.07, 6.45) is 1.53. The number of anilines is 1. The monoisotopic (exact) mass is 651 g/mol. The molecule has 3 aromatic rings. The van der Waals surface area contributed by atoms with Gasteiger partial charge in [-0.2, -0.15) is 4.31 Å². The molecule has 10 nitrogen and oxygen atoms in total. The van der Waals surface area contributed by atoms with Crippen LogP contribution >= 0.6 is 0 Å². The number of aliphatic hydroxyl groups excluding tert-OH is 1. The molecule has 3 aromatic carbocycles. The number of sulfonamides is 1. The fourth-order valence-electron chi connectivity index (χ4n) is 5.38. The van der Waals surface area contributed by atoms with E-state index in [-0.39, 0.29) is 54.0 Å². The number of likely N-dealkylation sites (N-methyl/N-ethyl adjacent to an activating group) is 1. The number of nitrogens with one attached hydrogen (secondary N) is 1. The molecule has 0 aliphatic carbocycles. The zero-order valence-electron chi connectivity index (χ0n) is 27.0. The van der Waals surface area contributed by atoms with E-state index in [0.717, 1.165) is 12.8 Å². The summed E-state index contributed by atoms with van der Waals surface area (Å²) >= 11 is 0. The lowest BCUT2D eigenvalue weighted by Gasteiger charge is -2.35. The third kappa shape index (κ3) is 8.94. The molecule has 0 saturated carbocycles. The van der Waals surface area contributed by atoms with Crippen LogP contribution in [0.4, 0.5) is 5.69 Å². The second-order valence-electron chi connectivity index (χ2n) is 11.9. The number of carbonyl (C=O) groups is 2. The van der Waals surface area contributed by atoms with E-state index in [1.165, 1.54) is 11.4 Å². The molecule has 0 fully saturated rings. The summed E-state index contributed by atoms with van der Waals surface area (Å²) in [6, 6.07) is 21.5. The maximum Gasteiger partial charge on any atom is 0.258 e. The third-order valence-corrected chi connectivity index (χ3v) is 10.1. The molecular formula is C35H45N3O7S. The first kappa shape index (κ1) is 35.1. The number of rotatable bonds is 8. The summed E-state index contributed by atoms with van der Waals surface area (Å²) in [4.78, 5) is 29.0. The Hall–Kier alpha value is -3.77. The van der Waals surface area contributed by atoms with Crippen LogP contribution in [-0.4, -0.2) is 86.1 Å². The first-order valence-corrected chi connectivity index (χ1v) is 17.2. The van der Waals surface area contributed by atoms with Crippen LogP contribution in [0.25, 0.3) is 0 Å². The molecule has 4 atom stereocenters. The Morgan fingerprint density at radius 1 is 1.04 bits per heavy atom. The quantitative estimate of drug-likeness (QED) is 0.349. The molecule has 0 unspecified atom stereocenters. The minimum absolute atomic E-state index is 0.0830. The van der Waals surface area contributed by atoms with E-state index in [1.54, 1.807) is 84.6 Å². The molecule has 11 heteroatoms. The third-order valence-electron chi connectivity index (χ3n) is 8.23. The summed E-state index contributed by atoms with van der Waals surface area (Å²) in [6.45, 7) is 6.00. The molecule has 0 aromatic heterocycles. The normalized spacial score (nSPS) is 20.7. The smallest absolute Gasteiger partial charge is 0.258 e. The topological polar surface area (TPSA) is 125 Å². The average molecular weight is 652 g/mol. The van der Waals surface area contributed by atoms with E-state index >= 15 is 0 Å². The van der Waals surface area contributed by atoms with Gasteiger partial charge in [-0.3, -0.25) is 9.59 Å². The van der Waals surface area contributed by atoms with Crippen LogP contribution in [-0.2, 0) is 14.8 Å². The van der Waals surface area contributed by atoms with Gasteiger partial charge in [0.1, 0.15) is 5.75 Å². The average Bonchev–Trinajstić information content (AvgIpc) is 3.06. The molecule has 0 saturated heterocycles. The lowest BCUT2D eigenvalue weighted by molar-refractivity contribution is -0.00834. The van der Waals surface area contributed by atoms with Gasteiger partial charge in [0.25, 0.3) is 11.8 Å². The van der Waals surface area contributed by atoms with E-state index < -0.39 is 22.2 Å². The van der Waals surface area contributed by atoms with Gasteiger partial charge in [0, 0.05) is 43.9 Å². The molecule has 46 heavy (non-hydrogen) atoms. The zero-order chi connectivity index (χ0) is 33.3. The first-order chi connectivity index (χ1) is 22.0. The Balaban J connectivity index is 1.65. The number of ether oxygens (including phenoxy) is 2. The summed E-state index contributed by atoms with van der Waals surface area (Å²) in [5.41, 5.74) is 1.16. The van der Waals surface area contributed by atoms with E-state index in [4.69, 9.17) is 9.47 Å². The Morgan fingerprint density at radius 3 is 2.39 bits per heavy atom. The van der Waals surface area contributed by atoms with E-state index in [0.29, 0.717) is 30.0 Å². The zero-order valence-corrected chi connectivity index (χ0v) is 27.8. The number of carbonyl (C=O) groups excluding carboxylic acids is 2. The van der Waals surface area contributed by atoms with Crippen molar-refractivity contribution in [2.24, 2.45) is 5.92 Å². The predicted molar refractivity (Wildman–Crippen MR) is 178 cm³/mol. The number of amides is 2. The number of hydrogen-bond donors (Lipinski definition) is 2. The van der Waals surface area contributed by atoms with Gasteiger partial charge in [-0.15, -0.1) is 0 Å². The van der Waals surface area contributed by atoms with Gasteiger partial charge in [0.05, 0.1) is 35.3 Å². The lowest BCUT2D eigenvalue weighted by Crippen LogP contribution is -2.48. The summed E-state index contributed by atoms with van der Waals surface area (Å²) in [5.74, 6) is -0.616. The molecule has 0 bridgehead atoms. The summed E-state index contributed by atoms with van der Waals surface area (Å²) < 4.78 is 40.6. The molecule has 2 amide bonds. The van der Waals surface area contributed by atoms with Crippen molar-refractivity contribution in [2.75, 3.05) is 38.7 Å². The fraction of sp³-hybridized carbons (Fsp3) is 0.429. The first-order valence-electron chi connectivity index (χ1n) is 15.7. The van der Waals surface area contributed by atoms with E-state index in [1.807, 2.05) is 19.9 Å². The number of aliphatic hydroxyl groups is 1. The molecule has 2 N–H and O–H groups in total. The summed E-state index contributed by atoms with van der Waals surface area (Å²) in [7, 11) is -2.24. The number of nitrogens with zero attached hydrogens (tertiary/aromatic N) is 2. The van der Waals surface area contributed by atoms with Gasteiger partial charge >= 0.3 is 0 Å². The van der Waals surface area contributed by atoms with Crippen LogP contribution in [0.1, 0.15) is 60.7 Å². The highest BCUT2D eigenvalue weighted by molar-refractivity contribution is 7.89. The number of hydrogen-bond acceptors (Lipinski definition) is 7. The van der Waals surface area contributed by atoms with Gasteiger partial charge in [0.2, 0.25) is 10.0 Å². The number of benzene rings is 3. The largest absolute Gasteiger partial charge is 0.490 e. The highest BCUT2D eigenvalue weighted by atomic mass is 32.2. The SMILES string of the molecule is C[C@@H]1CCCCO[C@@H](CN(C)S(=O)(=O)c2ccccc2)[C@@H](C)CN([C@@H](C)CO)C(=O)c2cc(NC(=O)c3ccccc3)ccc2O1. The molecule has 0 radical (unpaired) electrons. The van der Waals surface area contributed by atoms with E-state index in [9.17, 15) is 23.1 Å². The van der Waals surface area contributed by atoms with Crippen LogP contribution in [0.2, 0.25) is 0 Å². The van der Waals surface area contributed by atoms with Gasteiger partial charge in [0.15, 0.2) is 0 Å². The van der Waals surface area contributed by atoms with Gasteiger partial charge < -0.3 is 24.8 Å². The maximum atomic E-state index is 14.3. The minimum Gasteiger partial charge on any atom is -0.490 e. The maximum absolute atomic E-state index is 14.3. The lowest BCUT2D eigenvalue weighted by atomic mass is 10.0. The number of fused-ring (bicyclic) bond motifs is 1. The van der Waals surface area contributed by atoms with Crippen molar-refractivity contribution in [3.05, 3.63) is 90.0 Å². The van der Waals surface area contributed by atoms with Crippen molar-refractivity contribution >= 4 is 27.5 Å². The molecule has 0 spiro atoms. The Labute approximate surface area is 272 Å². The molecule has 1 aliphatic rings. The van der Waals surface area contributed by atoms with Crippen molar-refractivity contribution in [3.8, 4) is 5.75 Å². The summed E-state index contributed by atoms with van der Waals surface area (Å²) in [5, 5.41) is 13.1. The van der Waals surface area contributed by atoms with Crippen LogP contribution in [0.3, 0.4) is 0 Å². The molecule has 1 aliphatic heterocycles. The van der Waals surface area contributed by atoms with Crippen molar-refractivity contribution < 1.29 is 32.6 Å². The highest BCUT2D eigenvalue weighted by Gasteiger charge is 2.32. The Kier molecular flexibility index (Phi) is 12.3. The van der Waals surface area contributed by atoms with Crippen molar-refractivity contribution in [1.82, 2.24) is 9.21 Å². The second kappa shape index (κ2) is 16.2. The van der Waals surface area contributed by atoms with Gasteiger partial charge in [-0.1, -0.05) is 43.3 Å². The molecule has 248 valence electrons. The Morgan fingerprint density at radius 2 is 1.72 bits per heavy atom. The molecule has 4 rings (SSSR count). The highest BCUT2D eigenvalue weighted by Crippen LogP contribution is 2.29. The van der Waals surface area contributed by atoms with Crippen LogP contribution < -0.4 is 10.1 Å². The van der Waals surface area contributed by atoms with Gasteiger partial charge in [-0.25, -0.2) is 8.42 Å². The predicted octanol–water partition coefficient (Wildman–Crippen LogP) is 5.06. The second-order valence-corrected chi connectivity index (χ2v) is 14.0. The van der Waals surface area contributed by atoms with E-state index in [2.05, 4.69) is 5.32 Å². The van der Waals surface area contributed by atoms with Crippen molar-refractivity contribution in [1.29, 1.82) is 0 Å². The van der Waals surface area contributed by atoms with Crippen LogP contribution in [0.5, 0.6) is 5.75 Å². The van der Waals surface area contributed by atoms with Gasteiger partial charge in [-0.05, 0) is 75.6 Å². The Bertz CT molecular complexity index is 1550. The van der Waals surface area contributed by atoms with Crippen molar-refractivity contribution in [2.45, 2.75) is 63.2 Å². The fourth-order valence-corrected chi connectivity index (χ4v) is 6.58. The molecular weight excluding hydrogens is 606 g/mol. The van der Waals surface area contributed by atoms with Crippen molar-refractivity contribution in [3.63, 3.8) is 0 Å². The van der Waals surface area contributed by atoms with Crippen LogP contribution in [0.15, 0.2) is 83.8 Å². The minimum atomic E-state index is -3.77. The van der Waals surface area contributed by atoms with Crippen LogP contribution in [0, 0.1) is 5.92 Å². The standard InChI is InChI=1S/C35H45N3O7S/c1-25-22-38(26(2)24-39)35(41)31-21-29(36-34(40)28-14-7-5-8-15-28)18-19-32(31)45-27(3)13-11-12-20-44-33(25)23-37(4)46(42,43)30-16-9-6-10-17-30/h5-10,14-19,21,25-27,33,39H,11-13,20,22-24H2,1-4H3,(H,36,40)/t25-,26-,27+,33-/m0/s1.